The van der Waals surface area contributed by atoms with E-state index >= 15 is 0 Å². The zero-order valence-electron chi connectivity index (χ0n) is 26.7. The Hall–Kier alpha value is -6.44. The fourth-order valence-corrected chi connectivity index (χ4v) is 7.93. The predicted octanol–water partition coefficient (Wildman–Crippen LogP) is 13.7. The molecule has 0 aliphatic carbocycles. The lowest BCUT2D eigenvalue weighted by Gasteiger charge is -2.21. The van der Waals surface area contributed by atoms with Gasteiger partial charge in [-0.25, -0.2) is 0 Å². The third-order valence-electron chi connectivity index (χ3n) is 10.0. The van der Waals surface area contributed by atoms with Crippen molar-refractivity contribution in [1.82, 2.24) is 0 Å². The highest BCUT2D eigenvalue weighted by molar-refractivity contribution is 6.24. The zero-order chi connectivity index (χ0) is 32.3. The van der Waals surface area contributed by atoms with Crippen LogP contribution in [0.15, 0.2) is 186 Å². The van der Waals surface area contributed by atoms with Crippen LogP contribution in [0.5, 0.6) is 0 Å². The zero-order valence-corrected chi connectivity index (χ0v) is 26.7. The van der Waals surface area contributed by atoms with E-state index in [1.807, 2.05) is 6.07 Å². The van der Waals surface area contributed by atoms with Crippen molar-refractivity contribution in [3.63, 3.8) is 0 Å². The molecule has 0 saturated carbocycles. The van der Waals surface area contributed by atoms with Crippen LogP contribution in [0.1, 0.15) is 0 Å². The van der Waals surface area contributed by atoms with E-state index in [1.165, 1.54) is 65.7 Å². The van der Waals surface area contributed by atoms with Crippen molar-refractivity contribution in [3.05, 3.63) is 182 Å². The van der Waals surface area contributed by atoms with Crippen LogP contribution in [-0.4, -0.2) is 0 Å². The van der Waals surface area contributed by atoms with E-state index in [0.717, 1.165) is 33.1 Å². The second-order valence-corrected chi connectivity index (χ2v) is 12.8. The molecule has 228 valence electrons. The summed E-state index contributed by atoms with van der Waals surface area (Å²) in [5, 5.41) is 9.70. The second kappa shape index (κ2) is 11.1. The minimum Gasteiger partial charge on any atom is -0.455 e. The van der Waals surface area contributed by atoms with Crippen molar-refractivity contribution in [3.8, 4) is 44.5 Å². The molecule has 0 amide bonds. The number of benzene rings is 9. The topological polar surface area (TPSA) is 13.1 Å². The number of rotatable bonds is 4. The standard InChI is InChI=1S/C48H30O/c1-3-15-31(16-4-1)42-29-34(30-43-36-21-13-14-26-44(36)49-48(42)43)46-37-22-9-11-24-39(37)47(40-25-12-10-23-38(40)46)41-28-27-32-17-7-8-20-35(32)45(41)33-18-5-2-6-19-33/h1-30H. The van der Waals surface area contributed by atoms with Gasteiger partial charge in [-0.15, -0.1) is 0 Å². The van der Waals surface area contributed by atoms with Crippen molar-refractivity contribution >= 4 is 54.3 Å². The first-order valence-corrected chi connectivity index (χ1v) is 16.9. The van der Waals surface area contributed by atoms with Gasteiger partial charge in [-0.1, -0.05) is 164 Å². The summed E-state index contributed by atoms with van der Waals surface area (Å²) < 4.78 is 6.57. The molecule has 0 N–H and O–H groups in total. The average molecular weight is 623 g/mol. The van der Waals surface area contributed by atoms with Crippen LogP contribution in [0.25, 0.3) is 98.8 Å². The first-order valence-electron chi connectivity index (χ1n) is 16.9. The SMILES string of the molecule is c1ccc(-c2c(-c3c4ccccc4c(-c4cc(-c5ccccc5)c5oc6ccccc6c5c4)c4ccccc34)ccc3ccccc23)cc1. The summed E-state index contributed by atoms with van der Waals surface area (Å²) in [6.07, 6.45) is 0. The lowest BCUT2D eigenvalue weighted by molar-refractivity contribution is 0.670. The summed E-state index contributed by atoms with van der Waals surface area (Å²) in [4.78, 5) is 0. The molecule has 1 heteroatoms. The Morgan fingerprint density at radius 3 is 1.49 bits per heavy atom. The van der Waals surface area contributed by atoms with E-state index in [0.29, 0.717) is 0 Å². The lowest BCUT2D eigenvalue weighted by atomic mass is 9.82. The number of fused-ring (bicyclic) bond motifs is 6. The maximum Gasteiger partial charge on any atom is 0.143 e. The van der Waals surface area contributed by atoms with Crippen molar-refractivity contribution in [2.24, 2.45) is 0 Å². The Kier molecular flexibility index (Phi) is 6.25. The van der Waals surface area contributed by atoms with Gasteiger partial charge in [-0.2, -0.15) is 0 Å². The van der Waals surface area contributed by atoms with Gasteiger partial charge in [0.2, 0.25) is 0 Å². The van der Waals surface area contributed by atoms with Crippen LogP contribution in [0.3, 0.4) is 0 Å². The predicted molar refractivity (Wildman–Crippen MR) is 208 cm³/mol. The summed E-state index contributed by atoms with van der Waals surface area (Å²) in [6, 6.07) is 65.8. The third-order valence-corrected chi connectivity index (χ3v) is 10.0. The molecule has 0 bridgehead atoms. The third kappa shape index (κ3) is 4.33. The highest BCUT2D eigenvalue weighted by Crippen LogP contribution is 2.49. The molecule has 0 atom stereocenters. The van der Waals surface area contributed by atoms with Crippen LogP contribution >= 0.6 is 0 Å². The Bertz CT molecular complexity index is 2800. The van der Waals surface area contributed by atoms with Gasteiger partial charge in [-0.05, 0) is 89.5 Å². The van der Waals surface area contributed by atoms with Gasteiger partial charge in [0, 0.05) is 16.3 Å². The number of furan rings is 1. The fraction of sp³-hybridized carbons (Fsp3) is 0. The maximum atomic E-state index is 6.57. The molecule has 0 spiro atoms. The molecule has 0 radical (unpaired) electrons. The van der Waals surface area contributed by atoms with Gasteiger partial charge in [0.05, 0.1) is 0 Å². The molecular formula is C48H30O. The first-order chi connectivity index (χ1) is 24.3. The number of hydrogen-bond acceptors (Lipinski definition) is 1. The highest BCUT2D eigenvalue weighted by Gasteiger charge is 2.22. The summed E-state index contributed by atoms with van der Waals surface area (Å²) in [7, 11) is 0. The normalized spacial score (nSPS) is 11.7. The number of hydrogen-bond donors (Lipinski definition) is 0. The molecule has 9 aromatic carbocycles. The smallest absolute Gasteiger partial charge is 0.143 e. The molecule has 1 nitrogen and oxygen atoms in total. The Morgan fingerprint density at radius 2 is 0.816 bits per heavy atom. The van der Waals surface area contributed by atoms with Crippen LogP contribution < -0.4 is 0 Å². The van der Waals surface area contributed by atoms with Gasteiger partial charge in [0.1, 0.15) is 11.2 Å². The molecule has 10 aromatic rings. The molecule has 1 aromatic heterocycles. The largest absolute Gasteiger partial charge is 0.455 e. The van der Waals surface area contributed by atoms with Gasteiger partial charge in [-0.3, -0.25) is 0 Å². The van der Waals surface area contributed by atoms with Crippen molar-refractivity contribution < 1.29 is 4.42 Å². The number of para-hydroxylation sites is 1. The molecule has 0 unspecified atom stereocenters. The van der Waals surface area contributed by atoms with Crippen molar-refractivity contribution in [2.45, 2.75) is 0 Å². The van der Waals surface area contributed by atoms with Crippen molar-refractivity contribution in [2.75, 3.05) is 0 Å². The van der Waals surface area contributed by atoms with Crippen LogP contribution in [0.2, 0.25) is 0 Å². The summed E-state index contributed by atoms with van der Waals surface area (Å²) in [6.45, 7) is 0. The first kappa shape index (κ1) is 27.7. The molecule has 10 rings (SSSR count). The van der Waals surface area contributed by atoms with Crippen molar-refractivity contribution in [1.29, 1.82) is 0 Å². The summed E-state index contributed by atoms with van der Waals surface area (Å²) in [5.74, 6) is 0. The molecule has 0 aliphatic rings. The maximum absolute atomic E-state index is 6.57. The Labute approximate surface area is 284 Å². The quantitative estimate of drug-likeness (QED) is 0.178. The van der Waals surface area contributed by atoms with Crippen LogP contribution in [0, 0.1) is 0 Å². The molecule has 0 saturated heterocycles. The van der Waals surface area contributed by atoms with Gasteiger partial charge in [0.15, 0.2) is 0 Å². The van der Waals surface area contributed by atoms with Gasteiger partial charge < -0.3 is 4.42 Å². The van der Waals surface area contributed by atoms with E-state index in [4.69, 9.17) is 4.42 Å². The fourth-order valence-electron chi connectivity index (χ4n) is 7.93. The van der Waals surface area contributed by atoms with Gasteiger partial charge in [0.25, 0.3) is 0 Å². The molecular weight excluding hydrogens is 593 g/mol. The monoisotopic (exact) mass is 622 g/mol. The Balaban J connectivity index is 1.35. The van der Waals surface area contributed by atoms with Crippen LogP contribution in [0.4, 0.5) is 0 Å². The summed E-state index contributed by atoms with van der Waals surface area (Å²) >= 11 is 0. The average Bonchev–Trinajstić information content (AvgIpc) is 3.55. The molecule has 1 heterocycles. The second-order valence-electron chi connectivity index (χ2n) is 12.8. The highest BCUT2D eigenvalue weighted by atomic mass is 16.3. The lowest BCUT2D eigenvalue weighted by Crippen LogP contribution is -1.94. The summed E-state index contributed by atoms with van der Waals surface area (Å²) in [5.41, 5.74) is 11.5. The minimum atomic E-state index is 0.904. The molecule has 49 heavy (non-hydrogen) atoms. The molecule has 0 aliphatic heterocycles. The Morgan fingerprint density at radius 1 is 0.286 bits per heavy atom. The van der Waals surface area contributed by atoms with Gasteiger partial charge >= 0.3 is 0 Å². The van der Waals surface area contributed by atoms with Crippen LogP contribution in [-0.2, 0) is 0 Å². The van der Waals surface area contributed by atoms with E-state index in [1.54, 1.807) is 0 Å². The minimum absolute atomic E-state index is 0.904. The van der Waals surface area contributed by atoms with E-state index in [2.05, 4.69) is 176 Å². The molecule has 0 fully saturated rings. The van der Waals surface area contributed by atoms with E-state index in [9.17, 15) is 0 Å². The van der Waals surface area contributed by atoms with E-state index < -0.39 is 0 Å². The van der Waals surface area contributed by atoms with E-state index in [-0.39, 0.29) is 0 Å².